The third kappa shape index (κ3) is 7.04. The number of amides is 1. The van der Waals surface area contributed by atoms with E-state index in [1.54, 1.807) is 7.11 Å². The summed E-state index contributed by atoms with van der Waals surface area (Å²) in [5.74, 6) is 0.227. The molecule has 1 aromatic carbocycles. The lowest BCUT2D eigenvalue weighted by Gasteiger charge is -2.24. The minimum absolute atomic E-state index is 0.227. The molecule has 0 fully saturated rings. The number of methoxy groups -OCH3 is 1. The van der Waals surface area contributed by atoms with E-state index in [-0.39, 0.29) is 5.91 Å². The summed E-state index contributed by atoms with van der Waals surface area (Å²) in [6.45, 7) is 4.86. The van der Waals surface area contributed by atoms with Crippen molar-refractivity contribution < 1.29 is 9.53 Å². The van der Waals surface area contributed by atoms with E-state index in [4.69, 9.17) is 16.3 Å². The Morgan fingerprint density at radius 2 is 1.96 bits per heavy atom. The topological polar surface area (TPSA) is 34.5 Å². The Bertz CT molecular complexity index is 699. The first kappa shape index (κ1) is 21.5. The van der Waals surface area contributed by atoms with Crippen molar-refractivity contribution in [2.24, 2.45) is 0 Å². The van der Waals surface area contributed by atoms with Gasteiger partial charge in [0.05, 0.1) is 6.54 Å². The highest BCUT2D eigenvalue weighted by molar-refractivity contribution is 6.31. The van der Waals surface area contributed by atoms with Crippen molar-refractivity contribution >= 4 is 17.5 Å². The Balaban J connectivity index is 2.06. The summed E-state index contributed by atoms with van der Waals surface area (Å²) in [5, 5.41) is 0.768. The predicted molar refractivity (Wildman–Crippen MR) is 111 cm³/mol. The molecular formula is C22H31ClN2O2. The van der Waals surface area contributed by atoms with E-state index in [1.807, 2.05) is 41.4 Å². The molecule has 0 spiro atoms. The van der Waals surface area contributed by atoms with Crippen LogP contribution in [0.25, 0.3) is 0 Å². The van der Waals surface area contributed by atoms with Crippen molar-refractivity contribution in [3.8, 4) is 0 Å². The van der Waals surface area contributed by atoms with Crippen LogP contribution in [0.1, 0.15) is 50.3 Å². The van der Waals surface area contributed by atoms with E-state index in [0.717, 1.165) is 48.5 Å². The summed E-state index contributed by atoms with van der Waals surface area (Å²) in [6.07, 6.45) is 6.69. The van der Waals surface area contributed by atoms with Crippen LogP contribution >= 0.6 is 11.6 Å². The number of hydrogen-bond acceptors (Lipinski definition) is 2. The lowest BCUT2D eigenvalue weighted by Crippen LogP contribution is -2.32. The van der Waals surface area contributed by atoms with Crippen LogP contribution in [0.2, 0.25) is 5.02 Å². The van der Waals surface area contributed by atoms with Gasteiger partial charge in [-0.3, -0.25) is 4.79 Å². The van der Waals surface area contributed by atoms with Crippen LogP contribution in [0.3, 0.4) is 0 Å². The zero-order valence-corrected chi connectivity index (χ0v) is 17.3. The molecule has 0 atom stereocenters. The van der Waals surface area contributed by atoms with Crippen LogP contribution in [-0.4, -0.2) is 35.6 Å². The molecule has 1 amide bonds. The molecule has 0 saturated heterocycles. The van der Waals surface area contributed by atoms with Crippen molar-refractivity contribution in [3.63, 3.8) is 0 Å². The normalized spacial score (nSPS) is 10.9. The second-order valence-corrected chi connectivity index (χ2v) is 7.24. The molecule has 0 saturated carbocycles. The van der Waals surface area contributed by atoms with E-state index >= 15 is 0 Å². The molecule has 0 bridgehead atoms. The van der Waals surface area contributed by atoms with Crippen LogP contribution in [0.4, 0.5) is 0 Å². The second-order valence-electron chi connectivity index (χ2n) is 6.84. The number of carbonyl (C=O) groups excluding carboxylic acids is 1. The van der Waals surface area contributed by atoms with Gasteiger partial charge in [-0.25, -0.2) is 0 Å². The monoisotopic (exact) mass is 390 g/mol. The van der Waals surface area contributed by atoms with Gasteiger partial charge in [-0.05, 0) is 36.6 Å². The quantitative estimate of drug-likeness (QED) is 0.470. The molecule has 27 heavy (non-hydrogen) atoms. The molecule has 0 N–H and O–H groups in total. The highest BCUT2D eigenvalue weighted by atomic mass is 35.5. The van der Waals surface area contributed by atoms with Gasteiger partial charge in [-0.1, -0.05) is 49.6 Å². The molecule has 0 unspecified atom stereocenters. The maximum atomic E-state index is 12.7. The molecule has 0 aliphatic carbocycles. The summed E-state index contributed by atoms with van der Waals surface area (Å²) in [6, 6.07) is 12.0. The van der Waals surface area contributed by atoms with Gasteiger partial charge in [-0.2, -0.15) is 0 Å². The van der Waals surface area contributed by atoms with Gasteiger partial charge in [0, 0.05) is 50.1 Å². The maximum absolute atomic E-state index is 12.7. The molecule has 0 radical (unpaired) electrons. The number of halogens is 1. The summed E-state index contributed by atoms with van der Waals surface area (Å²) in [5.41, 5.74) is 2.20. The molecule has 148 valence electrons. The first-order chi connectivity index (χ1) is 13.2. The number of ether oxygens (including phenoxy) is 1. The molecule has 0 aliphatic heterocycles. The van der Waals surface area contributed by atoms with E-state index in [9.17, 15) is 4.79 Å². The van der Waals surface area contributed by atoms with Crippen molar-refractivity contribution in [1.82, 2.24) is 9.47 Å². The lowest BCUT2D eigenvalue weighted by molar-refractivity contribution is -0.132. The Morgan fingerprint density at radius 3 is 2.70 bits per heavy atom. The van der Waals surface area contributed by atoms with Crippen LogP contribution in [-0.2, 0) is 22.6 Å². The summed E-state index contributed by atoms with van der Waals surface area (Å²) in [4.78, 5) is 14.7. The molecule has 5 heteroatoms. The SMILES string of the molecule is CCCCCC(=O)N(CCCOC)Cc1cccn1Cc1ccccc1Cl. The van der Waals surface area contributed by atoms with E-state index < -0.39 is 0 Å². The average Bonchev–Trinajstić information content (AvgIpc) is 3.10. The van der Waals surface area contributed by atoms with Crippen molar-refractivity contribution in [2.45, 2.75) is 52.1 Å². The van der Waals surface area contributed by atoms with Gasteiger partial charge in [-0.15, -0.1) is 0 Å². The second kappa shape index (κ2) is 11.8. The maximum Gasteiger partial charge on any atom is 0.222 e. The zero-order valence-electron chi connectivity index (χ0n) is 16.5. The molecule has 0 aliphatic rings. The predicted octanol–water partition coefficient (Wildman–Crippen LogP) is 5.14. The molecule has 2 aromatic rings. The third-order valence-electron chi connectivity index (χ3n) is 4.70. The fourth-order valence-corrected chi connectivity index (χ4v) is 3.32. The summed E-state index contributed by atoms with van der Waals surface area (Å²) >= 11 is 6.31. The first-order valence-corrected chi connectivity index (χ1v) is 10.2. The van der Waals surface area contributed by atoms with Gasteiger partial charge in [0.25, 0.3) is 0 Å². The standard InChI is InChI=1S/C22H31ClN2O2/c1-3-4-5-13-22(26)25(15-9-16-27-2)18-20-11-8-14-24(20)17-19-10-6-7-12-21(19)23/h6-8,10-12,14H,3-5,9,13,15-18H2,1-2H3. The molecule has 2 rings (SSSR count). The van der Waals surface area contributed by atoms with Gasteiger partial charge in [0.15, 0.2) is 0 Å². The van der Waals surface area contributed by atoms with Gasteiger partial charge >= 0.3 is 0 Å². The Kier molecular flexibility index (Phi) is 9.43. The van der Waals surface area contributed by atoms with Crippen molar-refractivity contribution in [1.29, 1.82) is 0 Å². The minimum Gasteiger partial charge on any atom is -0.385 e. The van der Waals surface area contributed by atoms with Crippen LogP contribution in [0.15, 0.2) is 42.6 Å². The zero-order chi connectivity index (χ0) is 19.5. The summed E-state index contributed by atoms with van der Waals surface area (Å²) < 4.78 is 7.33. The van der Waals surface area contributed by atoms with E-state index in [0.29, 0.717) is 26.1 Å². The number of carbonyl (C=O) groups is 1. The Labute approximate surface area is 168 Å². The van der Waals surface area contributed by atoms with Crippen molar-refractivity contribution in [3.05, 3.63) is 58.9 Å². The number of unbranched alkanes of at least 4 members (excludes halogenated alkanes) is 2. The molecular weight excluding hydrogens is 360 g/mol. The Morgan fingerprint density at radius 1 is 1.15 bits per heavy atom. The fraction of sp³-hybridized carbons (Fsp3) is 0.500. The smallest absolute Gasteiger partial charge is 0.222 e. The molecule has 1 aromatic heterocycles. The Hall–Kier alpha value is -1.78. The minimum atomic E-state index is 0.227. The molecule has 1 heterocycles. The van der Waals surface area contributed by atoms with E-state index in [1.165, 1.54) is 0 Å². The third-order valence-corrected chi connectivity index (χ3v) is 5.07. The first-order valence-electron chi connectivity index (χ1n) is 9.79. The van der Waals surface area contributed by atoms with Gasteiger partial charge in [0.2, 0.25) is 5.91 Å². The number of benzene rings is 1. The van der Waals surface area contributed by atoms with Crippen LogP contribution in [0.5, 0.6) is 0 Å². The van der Waals surface area contributed by atoms with Gasteiger partial charge < -0.3 is 14.2 Å². The number of aromatic nitrogens is 1. The number of nitrogens with zero attached hydrogens (tertiary/aromatic N) is 2. The van der Waals surface area contributed by atoms with Crippen LogP contribution < -0.4 is 0 Å². The fourth-order valence-electron chi connectivity index (χ4n) is 3.13. The van der Waals surface area contributed by atoms with Crippen molar-refractivity contribution in [2.75, 3.05) is 20.3 Å². The highest BCUT2D eigenvalue weighted by Crippen LogP contribution is 2.18. The highest BCUT2D eigenvalue weighted by Gasteiger charge is 2.15. The average molecular weight is 391 g/mol. The largest absolute Gasteiger partial charge is 0.385 e. The summed E-state index contributed by atoms with van der Waals surface area (Å²) in [7, 11) is 1.70. The van der Waals surface area contributed by atoms with Gasteiger partial charge in [0.1, 0.15) is 0 Å². The lowest BCUT2D eigenvalue weighted by atomic mass is 10.2. The number of hydrogen-bond donors (Lipinski definition) is 0. The van der Waals surface area contributed by atoms with Crippen LogP contribution in [0, 0.1) is 0 Å². The number of rotatable bonds is 12. The molecule has 4 nitrogen and oxygen atoms in total. The van der Waals surface area contributed by atoms with E-state index in [2.05, 4.69) is 17.6 Å².